The van der Waals surface area contributed by atoms with Gasteiger partial charge in [0, 0.05) is 17.4 Å². The molecular weight excluding hydrogens is 362 g/mol. The Balaban J connectivity index is 1.70. The second-order valence-electron chi connectivity index (χ2n) is 5.70. The molecular formula is C20H21N3O3S. The Kier molecular flexibility index (Phi) is 5.93. The Morgan fingerprint density at radius 3 is 2.59 bits per heavy atom. The van der Waals surface area contributed by atoms with Gasteiger partial charge in [-0.25, -0.2) is 4.98 Å². The molecule has 3 rings (SSSR count). The standard InChI is InChI=1S/C20H21N3O3S/c1-4-26-16-10-8-14(9-11-16)22-19(24)18-13(2)21-20(27-18)23-15-6-5-7-17(12-15)25-3/h5-12H,4H2,1-3H3,(H,21,23)(H,22,24). The lowest BCUT2D eigenvalue weighted by molar-refractivity contribution is 0.103. The third-order valence-corrected chi connectivity index (χ3v) is 4.82. The van der Waals surface area contributed by atoms with Crippen LogP contribution in [0.5, 0.6) is 11.5 Å². The van der Waals surface area contributed by atoms with Gasteiger partial charge < -0.3 is 20.1 Å². The average molecular weight is 383 g/mol. The van der Waals surface area contributed by atoms with Gasteiger partial charge in [0.15, 0.2) is 5.13 Å². The van der Waals surface area contributed by atoms with E-state index >= 15 is 0 Å². The molecule has 0 aliphatic rings. The van der Waals surface area contributed by atoms with E-state index in [4.69, 9.17) is 9.47 Å². The number of carbonyl (C=O) groups excluding carboxylic acids is 1. The van der Waals surface area contributed by atoms with Gasteiger partial charge in [0.25, 0.3) is 5.91 Å². The molecule has 6 nitrogen and oxygen atoms in total. The van der Waals surface area contributed by atoms with Gasteiger partial charge in [0.2, 0.25) is 0 Å². The minimum Gasteiger partial charge on any atom is -0.497 e. The second-order valence-corrected chi connectivity index (χ2v) is 6.70. The van der Waals surface area contributed by atoms with E-state index in [9.17, 15) is 4.79 Å². The van der Waals surface area contributed by atoms with Gasteiger partial charge in [-0.2, -0.15) is 0 Å². The molecule has 0 fully saturated rings. The van der Waals surface area contributed by atoms with E-state index in [-0.39, 0.29) is 5.91 Å². The highest BCUT2D eigenvalue weighted by Gasteiger charge is 2.16. The number of anilines is 3. The van der Waals surface area contributed by atoms with Crippen molar-refractivity contribution in [2.45, 2.75) is 13.8 Å². The van der Waals surface area contributed by atoms with Crippen molar-refractivity contribution in [3.63, 3.8) is 0 Å². The van der Waals surface area contributed by atoms with Crippen molar-refractivity contribution in [2.24, 2.45) is 0 Å². The summed E-state index contributed by atoms with van der Waals surface area (Å²) in [7, 11) is 1.62. The van der Waals surface area contributed by atoms with Crippen LogP contribution in [-0.2, 0) is 0 Å². The number of amides is 1. The molecule has 0 saturated heterocycles. The maximum Gasteiger partial charge on any atom is 0.267 e. The zero-order valence-corrected chi connectivity index (χ0v) is 16.2. The topological polar surface area (TPSA) is 72.5 Å². The van der Waals surface area contributed by atoms with Gasteiger partial charge in [0.05, 0.1) is 19.4 Å². The molecule has 0 spiro atoms. The molecule has 27 heavy (non-hydrogen) atoms. The highest BCUT2D eigenvalue weighted by molar-refractivity contribution is 7.17. The minimum atomic E-state index is -0.187. The summed E-state index contributed by atoms with van der Waals surface area (Å²) >= 11 is 1.31. The van der Waals surface area contributed by atoms with Crippen LogP contribution >= 0.6 is 11.3 Å². The molecule has 3 aromatic rings. The number of thiazole rings is 1. The number of carbonyl (C=O) groups is 1. The van der Waals surface area contributed by atoms with E-state index in [0.717, 1.165) is 17.2 Å². The number of benzene rings is 2. The summed E-state index contributed by atoms with van der Waals surface area (Å²) in [6.07, 6.45) is 0. The normalized spacial score (nSPS) is 10.3. The predicted molar refractivity (Wildman–Crippen MR) is 109 cm³/mol. The van der Waals surface area contributed by atoms with Crippen LogP contribution in [0.25, 0.3) is 0 Å². The smallest absolute Gasteiger partial charge is 0.267 e. The zero-order valence-electron chi connectivity index (χ0n) is 15.4. The van der Waals surface area contributed by atoms with Crippen LogP contribution in [0.1, 0.15) is 22.3 Å². The maximum atomic E-state index is 12.6. The van der Waals surface area contributed by atoms with Crippen LogP contribution in [-0.4, -0.2) is 24.6 Å². The Morgan fingerprint density at radius 2 is 1.89 bits per heavy atom. The predicted octanol–water partition coefficient (Wildman–Crippen LogP) is 4.85. The molecule has 0 atom stereocenters. The lowest BCUT2D eigenvalue weighted by atomic mass is 10.3. The van der Waals surface area contributed by atoms with E-state index in [0.29, 0.717) is 28.0 Å². The lowest BCUT2D eigenvalue weighted by Crippen LogP contribution is -2.11. The summed E-state index contributed by atoms with van der Waals surface area (Å²) in [5, 5.41) is 6.75. The third kappa shape index (κ3) is 4.77. The van der Waals surface area contributed by atoms with Crippen LogP contribution in [0.4, 0.5) is 16.5 Å². The molecule has 2 aromatic carbocycles. The minimum absolute atomic E-state index is 0.187. The summed E-state index contributed by atoms with van der Waals surface area (Å²) < 4.78 is 10.6. The molecule has 0 aliphatic heterocycles. The van der Waals surface area contributed by atoms with Crippen LogP contribution in [0, 0.1) is 6.92 Å². The molecule has 2 N–H and O–H groups in total. The second kappa shape index (κ2) is 8.55. The number of nitrogens with one attached hydrogen (secondary N) is 2. The van der Waals surface area contributed by atoms with Crippen molar-refractivity contribution in [1.82, 2.24) is 4.98 Å². The summed E-state index contributed by atoms with van der Waals surface area (Å²) in [4.78, 5) is 17.6. The lowest BCUT2D eigenvalue weighted by Gasteiger charge is -2.06. The fourth-order valence-electron chi connectivity index (χ4n) is 2.47. The number of rotatable bonds is 7. The van der Waals surface area contributed by atoms with E-state index in [2.05, 4.69) is 15.6 Å². The maximum absolute atomic E-state index is 12.6. The van der Waals surface area contributed by atoms with Crippen molar-refractivity contribution in [3.05, 3.63) is 59.1 Å². The first kappa shape index (κ1) is 18.7. The Labute approximate surface area is 162 Å². The summed E-state index contributed by atoms with van der Waals surface area (Å²) in [6.45, 7) is 4.36. The van der Waals surface area contributed by atoms with Crippen LogP contribution < -0.4 is 20.1 Å². The fourth-order valence-corrected chi connectivity index (χ4v) is 3.36. The van der Waals surface area contributed by atoms with Gasteiger partial charge in [0.1, 0.15) is 16.4 Å². The van der Waals surface area contributed by atoms with Gasteiger partial charge in [-0.1, -0.05) is 17.4 Å². The largest absolute Gasteiger partial charge is 0.497 e. The van der Waals surface area contributed by atoms with Crippen LogP contribution in [0.15, 0.2) is 48.5 Å². The first-order valence-corrected chi connectivity index (χ1v) is 9.33. The molecule has 1 amide bonds. The van der Waals surface area contributed by atoms with Crippen molar-refractivity contribution in [1.29, 1.82) is 0 Å². The SMILES string of the molecule is CCOc1ccc(NC(=O)c2sc(Nc3cccc(OC)c3)nc2C)cc1. The number of aromatic nitrogens is 1. The van der Waals surface area contributed by atoms with Gasteiger partial charge in [-0.3, -0.25) is 4.79 Å². The van der Waals surface area contributed by atoms with E-state index < -0.39 is 0 Å². The quantitative estimate of drug-likeness (QED) is 0.610. The third-order valence-electron chi connectivity index (χ3n) is 3.75. The van der Waals surface area contributed by atoms with Gasteiger partial charge in [-0.15, -0.1) is 0 Å². The Bertz CT molecular complexity index is 922. The molecule has 1 heterocycles. The number of hydrogen-bond acceptors (Lipinski definition) is 6. The van der Waals surface area contributed by atoms with Crippen molar-refractivity contribution in [2.75, 3.05) is 24.4 Å². The Morgan fingerprint density at radius 1 is 1.11 bits per heavy atom. The molecule has 0 bridgehead atoms. The van der Waals surface area contributed by atoms with Crippen molar-refractivity contribution < 1.29 is 14.3 Å². The summed E-state index contributed by atoms with van der Waals surface area (Å²) in [6, 6.07) is 14.8. The van der Waals surface area contributed by atoms with E-state index in [1.165, 1.54) is 11.3 Å². The number of nitrogens with zero attached hydrogens (tertiary/aromatic N) is 1. The summed E-state index contributed by atoms with van der Waals surface area (Å²) in [5.41, 5.74) is 2.23. The molecule has 7 heteroatoms. The highest BCUT2D eigenvalue weighted by atomic mass is 32.1. The number of ether oxygens (including phenoxy) is 2. The molecule has 0 aliphatic carbocycles. The number of aryl methyl sites for hydroxylation is 1. The molecule has 140 valence electrons. The first-order chi connectivity index (χ1) is 13.1. The van der Waals surface area contributed by atoms with Crippen molar-refractivity contribution in [3.8, 4) is 11.5 Å². The zero-order chi connectivity index (χ0) is 19.2. The first-order valence-electron chi connectivity index (χ1n) is 8.51. The summed E-state index contributed by atoms with van der Waals surface area (Å²) in [5.74, 6) is 1.34. The Hall–Kier alpha value is -3.06. The van der Waals surface area contributed by atoms with Crippen molar-refractivity contribution >= 4 is 33.8 Å². The molecule has 1 aromatic heterocycles. The van der Waals surface area contributed by atoms with E-state index in [1.54, 1.807) is 7.11 Å². The van der Waals surface area contributed by atoms with Crippen LogP contribution in [0.3, 0.4) is 0 Å². The van der Waals surface area contributed by atoms with Gasteiger partial charge in [-0.05, 0) is 50.2 Å². The average Bonchev–Trinajstić information content (AvgIpc) is 3.04. The van der Waals surface area contributed by atoms with E-state index in [1.807, 2.05) is 62.4 Å². The molecule has 0 radical (unpaired) electrons. The fraction of sp³-hybridized carbons (Fsp3) is 0.200. The molecule has 0 unspecified atom stereocenters. The highest BCUT2D eigenvalue weighted by Crippen LogP contribution is 2.28. The molecule has 0 saturated carbocycles. The monoisotopic (exact) mass is 383 g/mol. The number of methoxy groups -OCH3 is 1. The van der Waals surface area contributed by atoms with Gasteiger partial charge >= 0.3 is 0 Å². The van der Waals surface area contributed by atoms with Crippen LogP contribution in [0.2, 0.25) is 0 Å². The number of hydrogen-bond donors (Lipinski definition) is 2.